The van der Waals surface area contributed by atoms with Gasteiger partial charge in [-0.2, -0.15) is 0 Å². The number of piperazine rings is 1. The molecule has 0 bridgehead atoms. The maximum atomic E-state index is 13.2. The predicted molar refractivity (Wildman–Crippen MR) is 136 cm³/mol. The van der Waals surface area contributed by atoms with Crippen LogP contribution in [0.15, 0.2) is 42.5 Å². The quantitative estimate of drug-likeness (QED) is 0.671. The van der Waals surface area contributed by atoms with Gasteiger partial charge < -0.3 is 15.1 Å². The normalized spacial score (nSPS) is 21.8. The molecule has 1 aliphatic carbocycles. The van der Waals surface area contributed by atoms with Gasteiger partial charge in [0.15, 0.2) is 0 Å². The van der Waals surface area contributed by atoms with Gasteiger partial charge in [-0.1, -0.05) is 61.2 Å². The monoisotopic (exact) mass is 479 g/mol. The smallest absolute Gasteiger partial charge is 0.254 e. The first-order valence-electron chi connectivity index (χ1n) is 12.8. The second kappa shape index (κ2) is 10.5. The predicted octanol–water partition coefficient (Wildman–Crippen LogP) is 4.78. The minimum absolute atomic E-state index is 0.0202. The van der Waals surface area contributed by atoms with Crippen LogP contribution in [-0.4, -0.2) is 60.4 Å². The minimum atomic E-state index is 0.0202. The van der Waals surface area contributed by atoms with Crippen LogP contribution in [0.3, 0.4) is 0 Å². The van der Waals surface area contributed by atoms with Crippen LogP contribution in [0.25, 0.3) is 11.1 Å². The average molecular weight is 480 g/mol. The molecule has 2 saturated heterocycles. The number of rotatable bonds is 5. The summed E-state index contributed by atoms with van der Waals surface area (Å²) in [5.74, 6) is 0.391. The highest BCUT2D eigenvalue weighted by atomic mass is 35.5. The largest absolute Gasteiger partial charge is 0.339 e. The lowest BCUT2D eigenvalue weighted by atomic mass is 9.93. The number of hydrogen-bond acceptors (Lipinski definition) is 3. The van der Waals surface area contributed by atoms with Crippen molar-refractivity contribution in [3.05, 3.63) is 58.6 Å². The molecular formula is C28H34ClN3O2. The lowest BCUT2D eigenvalue weighted by Crippen LogP contribution is -2.46. The molecule has 2 heterocycles. The maximum Gasteiger partial charge on any atom is 0.254 e. The molecule has 1 N–H and O–H groups in total. The molecule has 34 heavy (non-hydrogen) atoms. The van der Waals surface area contributed by atoms with Crippen LogP contribution in [0, 0.1) is 5.92 Å². The molecule has 1 atom stereocenters. The highest BCUT2D eigenvalue weighted by molar-refractivity contribution is 6.31. The fraction of sp³-hybridized carbons (Fsp3) is 0.500. The highest BCUT2D eigenvalue weighted by Gasteiger charge is 2.36. The van der Waals surface area contributed by atoms with Crippen molar-refractivity contribution in [3.63, 3.8) is 0 Å². The highest BCUT2D eigenvalue weighted by Crippen LogP contribution is 2.34. The Hall–Kier alpha value is -2.37. The van der Waals surface area contributed by atoms with Crippen LogP contribution in [-0.2, 0) is 11.2 Å². The maximum absolute atomic E-state index is 13.2. The van der Waals surface area contributed by atoms with E-state index in [9.17, 15) is 9.59 Å². The Labute approximate surface area is 207 Å². The van der Waals surface area contributed by atoms with E-state index in [1.54, 1.807) is 0 Å². The van der Waals surface area contributed by atoms with E-state index in [1.165, 1.54) is 19.3 Å². The van der Waals surface area contributed by atoms with Gasteiger partial charge >= 0.3 is 0 Å². The van der Waals surface area contributed by atoms with E-state index in [4.69, 9.17) is 11.6 Å². The Balaban J connectivity index is 1.31. The summed E-state index contributed by atoms with van der Waals surface area (Å²) in [5.41, 5.74) is 3.57. The molecule has 5 rings (SSSR count). The molecule has 2 amide bonds. The van der Waals surface area contributed by atoms with E-state index in [2.05, 4.69) is 10.2 Å². The van der Waals surface area contributed by atoms with Crippen molar-refractivity contribution in [1.29, 1.82) is 0 Å². The summed E-state index contributed by atoms with van der Waals surface area (Å²) in [6, 6.07) is 14.3. The van der Waals surface area contributed by atoms with E-state index in [-0.39, 0.29) is 11.8 Å². The van der Waals surface area contributed by atoms with Crippen molar-refractivity contribution in [1.82, 2.24) is 15.1 Å². The molecular weight excluding hydrogens is 446 g/mol. The molecule has 180 valence electrons. The number of carbonyl (C=O) groups excluding carboxylic acids is 2. The number of likely N-dealkylation sites (tertiary alicyclic amines) is 1. The SMILES string of the molecule is O=C(c1ccccc1-c1ccc(CC2CCN(C3CCCCC3)C2=O)c(Cl)c1)N1CCNCC1. The van der Waals surface area contributed by atoms with E-state index in [1.807, 2.05) is 47.4 Å². The number of hydrogen-bond donors (Lipinski definition) is 1. The van der Waals surface area contributed by atoms with Crippen LogP contribution in [0.1, 0.15) is 54.4 Å². The average Bonchev–Trinajstić information content (AvgIpc) is 3.25. The second-order valence-corrected chi connectivity index (χ2v) is 10.3. The third-order valence-corrected chi connectivity index (χ3v) is 8.11. The number of halogens is 1. The third-order valence-electron chi connectivity index (χ3n) is 7.76. The first-order valence-corrected chi connectivity index (χ1v) is 13.2. The minimum Gasteiger partial charge on any atom is -0.339 e. The van der Waals surface area contributed by atoms with Gasteiger partial charge in [0.2, 0.25) is 5.91 Å². The van der Waals surface area contributed by atoms with Gasteiger partial charge in [-0.05, 0) is 54.5 Å². The van der Waals surface area contributed by atoms with E-state index in [0.717, 1.165) is 68.7 Å². The van der Waals surface area contributed by atoms with Gasteiger partial charge in [-0.25, -0.2) is 0 Å². The van der Waals surface area contributed by atoms with Crippen molar-refractivity contribution < 1.29 is 9.59 Å². The summed E-state index contributed by atoms with van der Waals surface area (Å²) < 4.78 is 0. The van der Waals surface area contributed by atoms with Gasteiger partial charge in [0.25, 0.3) is 5.91 Å². The topological polar surface area (TPSA) is 52.7 Å². The molecule has 5 nitrogen and oxygen atoms in total. The Morgan fingerprint density at radius 1 is 0.971 bits per heavy atom. The zero-order valence-corrected chi connectivity index (χ0v) is 20.5. The summed E-state index contributed by atoms with van der Waals surface area (Å²) in [6.45, 7) is 3.98. The van der Waals surface area contributed by atoms with E-state index >= 15 is 0 Å². The third kappa shape index (κ3) is 4.87. The van der Waals surface area contributed by atoms with Gasteiger partial charge in [-0.15, -0.1) is 0 Å². The van der Waals surface area contributed by atoms with Gasteiger partial charge in [0.05, 0.1) is 0 Å². The fourth-order valence-electron chi connectivity index (χ4n) is 5.81. The van der Waals surface area contributed by atoms with Crippen LogP contribution in [0.5, 0.6) is 0 Å². The molecule has 0 aromatic heterocycles. The van der Waals surface area contributed by atoms with Crippen LogP contribution < -0.4 is 5.32 Å². The summed E-state index contributed by atoms with van der Waals surface area (Å²) in [6.07, 6.45) is 7.68. The van der Waals surface area contributed by atoms with Crippen LogP contribution in [0.2, 0.25) is 5.02 Å². The second-order valence-electron chi connectivity index (χ2n) is 9.91. The molecule has 0 radical (unpaired) electrons. The Morgan fingerprint density at radius 3 is 2.50 bits per heavy atom. The molecule has 0 spiro atoms. The number of nitrogens with zero attached hydrogens (tertiary/aromatic N) is 2. The number of benzene rings is 2. The molecule has 1 unspecified atom stereocenters. The fourth-order valence-corrected chi connectivity index (χ4v) is 6.07. The zero-order valence-electron chi connectivity index (χ0n) is 19.8. The van der Waals surface area contributed by atoms with E-state index < -0.39 is 0 Å². The van der Waals surface area contributed by atoms with Gasteiger partial charge in [0.1, 0.15) is 0 Å². The lowest BCUT2D eigenvalue weighted by Gasteiger charge is -2.31. The van der Waals surface area contributed by atoms with Crippen LogP contribution in [0.4, 0.5) is 0 Å². The van der Waals surface area contributed by atoms with Crippen molar-refractivity contribution in [2.75, 3.05) is 32.7 Å². The Morgan fingerprint density at radius 2 is 1.74 bits per heavy atom. The van der Waals surface area contributed by atoms with E-state index in [0.29, 0.717) is 29.0 Å². The van der Waals surface area contributed by atoms with Crippen molar-refractivity contribution in [2.24, 2.45) is 5.92 Å². The van der Waals surface area contributed by atoms with Gasteiger partial charge in [0, 0.05) is 55.3 Å². The van der Waals surface area contributed by atoms with Crippen molar-refractivity contribution in [2.45, 2.75) is 51.0 Å². The standard InChI is InChI=1S/C28H34ClN3O2/c29-26-19-20(24-8-4-5-9-25(24)28(34)31-16-13-30-14-17-31)10-11-21(26)18-22-12-15-32(27(22)33)23-6-2-1-3-7-23/h4-5,8-11,19,22-23,30H,1-3,6-7,12-18H2. The Bertz CT molecular complexity index is 1040. The molecule has 3 aliphatic rings. The first-order chi connectivity index (χ1) is 16.6. The molecule has 2 aliphatic heterocycles. The van der Waals surface area contributed by atoms with Crippen molar-refractivity contribution >= 4 is 23.4 Å². The van der Waals surface area contributed by atoms with Crippen molar-refractivity contribution in [3.8, 4) is 11.1 Å². The molecule has 2 aromatic rings. The Kier molecular flexibility index (Phi) is 7.21. The first kappa shape index (κ1) is 23.4. The molecule has 1 saturated carbocycles. The number of carbonyl (C=O) groups is 2. The lowest BCUT2D eigenvalue weighted by molar-refractivity contribution is -0.133. The van der Waals surface area contributed by atoms with Gasteiger partial charge in [-0.3, -0.25) is 9.59 Å². The molecule has 3 fully saturated rings. The summed E-state index contributed by atoms with van der Waals surface area (Å²) >= 11 is 6.74. The zero-order chi connectivity index (χ0) is 23.5. The summed E-state index contributed by atoms with van der Waals surface area (Å²) in [4.78, 5) is 30.4. The number of amides is 2. The summed E-state index contributed by atoms with van der Waals surface area (Å²) in [5, 5.41) is 3.97. The number of nitrogens with one attached hydrogen (secondary N) is 1. The van der Waals surface area contributed by atoms with Crippen LogP contribution >= 0.6 is 11.6 Å². The molecule has 2 aromatic carbocycles. The summed E-state index contributed by atoms with van der Waals surface area (Å²) in [7, 11) is 0. The molecule has 6 heteroatoms.